The van der Waals surface area contributed by atoms with Crippen molar-refractivity contribution < 1.29 is 4.79 Å². The fourth-order valence-electron chi connectivity index (χ4n) is 2.28. The zero-order chi connectivity index (χ0) is 16.4. The zero-order valence-electron chi connectivity index (χ0n) is 12.8. The predicted molar refractivity (Wildman–Crippen MR) is 94.9 cm³/mol. The molecule has 1 amide bonds. The molecule has 7 nitrogen and oxygen atoms in total. The number of hydrogen-bond acceptors (Lipinski definition) is 7. The van der Waals surface area contributed by atoms with E-state index in [4.69, 9.17) is 5.73 Å². The molecule has 8 heteroatoms. The maximum absolute atomic E-state index is 10.6. The molecule has 0 fully saturated rings. The Bertz CT molecular complexity index is 823. The fraction of sp³-hybridized carbons (Fsp3) is 0.200. The van der Waals surface area contributed by atoms with Crippen LogP contribution in [-0.2, 0) is 4.79 Å². The fourth-order valence-corrected chi connectivity index (χ4v) is 3.10. The van der Waals surface area contributed by atoms with Crippen molar-refractivity contribution >= 4 is 45.9 Å². The van der Waals surface area contributed by atoms with Crippen molar-refractivity contribution in [2.24, 2.45) is 9.98 Å². The number of carbonyl (C=O) groups excluding carboxylic acids is 1. The Morgan fingerprint density at radius 3 is 2.91 bits per heavy atom. The van der Waals surface area contributed by atoms with Crippen molar-refractivity contribution in [3.63, 3.8) is 0 Å². The van der Waals surface area contributed by atoms with Crippen LogP contribution in [0.3, 0.4) is 0 Å². The monoisotopic (exact) mass is 328 g/mol. The summed E-state index contributed by atoms with van der Waals surface area (Å²) < 4.78 is 0. The number of benzene rings is 1. The highest BCUT2D eigenvalue weighted by molar-refractivity contribution is 7.18. The SMILES string of the molecule is CNc1nc(N)c(C2=NC(c3cc(NC=O)ccc3C)=NC2)s1. The molecule has 1 aliphatic rings. The summed E-state index contributed by atoms with van der Waals surface area (Å²) in [5.41, 5.74) is 9.41. The van der Waals surface area contributed by atoms with E-state index in [0.717, 1.165) is 26.8 Å². The Hall–Kier alpha value is -2.74. The van der Waals surface area contributed by atoms with Gasteiger partial charge in [0.15, 0.2) is 11.0 Å². The lowest BCUT2D eigenvalue weighted by molar-refractivity contribution is -0.105. The highest BCUT2D eigenvalue weighted by Crippen LogP contribution is 2.27. The van der Waals surface area contributed by atoms with Crippen molar-refractivity contribution in [3.05, 3.63) is 34.2 Å². The van der Waals surface area contributed by atoms with Crippen LogP contribution in [0.15, 0.2) is 28.2 Å². The molecule has 4 N–H and O–H groups in total. The number of amidine groups is 1. The molecule has 1 aliphatic heterocycles. The first-order valence-corrected chi connectivity index (χ1v) is 7.81. The number of nitrogens with one attached hydrogen (secondary N) is 2. The van der Waals surface area contributed by atoms with E-state index in [9.17, 15) is 4.79 Å². The van der Waals surface area contributed by atoms with Crippen LogP contribution in [-0.4, -0.2) is 36.5 Å². The average molecular weight is 328 g/mol. The van der Waals surface area contributed by atoms with E-state index >= 15 is 0 Å². The highest BCUT2D eigenvalue weighted by Gasteiger charge is 2.20. The molecule has 0 bridgehead atoms. The molecule has 0 saturated heterocycles. The maximum Gasteiger partial charge on any atom is 0.211 e. The second-order valence-corrected chi connectivity index (χ2v) is 5.97. The minimum atomic E-state index is 0.461. The van der Waals surface area contributed by atoms with Crippen molar-refractivity contribution in [3.8, 4) is 0 Å². The van der Waals surface area contributed by atoms with Gasteiger partial charge in [-0.1, -0.05) is 17.4 Å². The maximum atomic E-state index is 10.6. The quantitative estimate of drug-likeness (QED) is 0.729. The average Bonchev–Trinajstić information content (AvgIpc) is 3.15. The van der Waals surface area contributed by atoms with Gasteiger partial charge in [0.05, 0.1) is 17.1 Å². The number of amides is 1. The normalized spacial score (nSPS) is 13.5. The van der Waals surface area contributed by atoms with Gasteiger partial charge >= 0.3 is 0 Å². The topological polar surface area (TPSA) is 105 Å². The van der Waals surface area contributed by atoms with Crippen LogP contribution < -0.4 is 16.4 Å². The lowest BCUT2D eigenvalue weighted by atomic mass is 10.1. The Labute approximate surface area is 137 Å². The summed E-state index contributed by atoms with van der Waals surface area (Å²) in [5.74, 6) is 1.11. The van der Waals surface area contributed by atoms with E-state index in [-0.39, 0.29) is 0 Å². The van der Waals surface area contributed by atoms with Crippen LogP contribution in [0.25, 0.3) is 0 Å². The molecule has 0 radical (unpaired) electrons. The Morgan fingerprint density at radius 1 is 1.39 bits per heavy atom. The van der Waals surface area contributed by atoms with Gasteiger partial charge in [-0.05, 0) is 24.6 Å². The lowest BCUT2D eigenvalue weighted by Crippen LogP contribution is -2.04. The first kappa shape index (κ1) is 15.2. The Kier molecular flexibility index (Phi) is 4.07. The number of nitrogen functional groups attached to an aromatic ring is 1. The minimum absolute atomic E-state index is 0.461. The van der Waals surface area contributed by atoms with Crippen LogP contribution in [0, 0.1) is 6.92 Å². The van der Waals surface area contributed by atoms with Gasteiger partial charge in [-0.3, -0.25) is 9.79 Å². The summed E-state index contributed by atoms with van der Waals surface area (Å²) in [6.45, 7) is 2.45. The summed E-state index contributed by atoms with van der Waals surface area (Å²) in [7, 11) is 1.80. The van der Waals surface area contributed by atoms with E-state index in [1.807, 2.05) is 25.1 Å². The molecular weight excluding hydrogens is 312 g/mol. The Balaban J connectivity index is 1.93. The van der Waals surface area contributed by atoms with Crippen molar-refractivity contribution in [2.75, 3.05) is 30.0 Å². The van der Waals surface area contributed by atoms with Gasteiger partial charge in [-0.25, -0.2) is 9.98 Å². The number of aliphatic imine (C=N–C) groups is 2. The van der Waals surface area contributed by atoms with Gasteiger partial charge in [0.1, 0.15) is 5.82 Å². The summed E-state index contributed by atoms with van der Waals surface area (Å²) in [4.78, 5) is 24.8. The second-order valence-electron chi connectivity index (χ2n) is 4.97. The summed E-state index contributed by atoms with van der Waals surface area (Å²) in [5, 5.41) is 6.37. The van der Waals surface area contributed by atoms with Crippen LogP contribution in [0.2, 0.25) is 0 Å². The van der Waals surface area contributed by atoms with E-state index in [1.165, 1.54) is 11.3 Å². The molecular formula is C15H16N6OS. The molecule has 3 rings (SSSR count). The molecule has 0 spiro atoms. The van der Waals surface area contributed by atoms with Crippen LogP contribution in [0.5, 0.6) is 0 Å². The van der Waals surface area contributed by atoms with E-state index < -0.39 is 0 Å². The third kappa shape index (κ3) is 2.93. The Morgan fingerprint density at radius 2 is 2.22 bits per heavy atom. The van der Waals surface area contributed by atoms with Gasteiger partial charge in [-0.2, -0.15) is 0 Å². The van der Waals surface area contributed by atoms with Crippen LogP contribution >= 0.6 is 11.3 Å². The van der Waals surface area contributed by atoms with Crippen molar-refractivity contribution in [2.45, 2.75) is 6.92 Å². The number of nitrogens with two attached hydrogens (primary N) is 1. The molecule has 23 heavy (non-hydrogen) atoms. The van der Waals surface area contributed by atoms with Gasteiger partial charge in [0, 0.05) is 18.3 Å². The number of rotatable bonds is 5. The zero-order valence-corrected chi connectivity index (χ0v) is 13.6. The van der Waals surface area contributed by atoms with E-state index in [0.29, 0.717) is 30.3 Å². The summed E-state index contributed by atoms with van der Waals surface area (Å²) in [6.07, 6.45) is 0.650. The molecule has 2 aromatic rings. The van der Waals surface area contributed by atoms with Crippen molar-refractivity contribution in [1.29, 1.82) is 0 Å². The molecule has 0 unspecified atom stereocenters. The number of thiazole rings is 1. The molecule has 2 heterocycles. The third-order valence-electron chi connectivity index (χ3n) is 3.45. The summed E-state index contributed by atoms with van der Waals surface area (Å²) in [6, 6.07) is 5.63. The smallest absolute Gasteiger partial charge is 0.211 e. The van der Waals surface area contributed by atoms with Gasteiger partial charge in [0.2, 0.25) is 6.41 Å². The molecule has 0 saturated carbocycles. The molecule has 0 atom stereocenters. The van der Waals surface area contributed by atoms with Gasteiger partial charge < -0.3 is 16.4 Å². The third-order valence-corrected chi connectivity index (χ3v) is 4.59. The van der Waals surface area contributed by atoms with E-state index in [1.54, 1.807) is 7.05 Å². The lowest BCUT2D eigenvalue weighted by Gasteiger charge is -2.06. The number of carbonyl (C=O) groups is 1. The summed E-state index contributed by atoms with van der Waals surface area (Å²) >= 11 is 1.46. The van der Waals surface area contributed by atoms with Crippen molar-refractivity contribution in [1.82, 2.24) is 4.98 Å². The minimum Gasteiger partial charge on any atom is -0.382 e. The largest absolute Gasteiger partial charge is 0.382 e. The predicted octanol–water partition coefficient (Wildman–Crippen LogP) is 1.89. The number of hydrogen-bond donors (Lipinski definition) is 3. The molecule has 1 aromatic heterocycles. The first-order valence-electron chi connectivity index (χ1n) is 7.00. The number of aryl methyl sites for hydroxylation is 1. The van der Waals surface area contributed by atoms with Crippen LogP contribution in [0.1, 0.15) is 16.0 Å². The number of anilines is 3. The first-order chi connectivity index (χ1) is 11.1. The second kappa shape index (κ2) is 6.17. The molecule has 1 aromatic carbocycles. The number of nitrogens with zero attached hydrogens (tertiary/aromatic N) is 3. The van der Waals surface area contributed by atoms with Gasteiger partial charge in [0.25, 0.3) is 0 Å². The standard InChI is InChI=1S/C15H16N6OS/c1-8-3-4-9(19-7-22)5-10(8)14-18-6-11(20-14)12-13(16)21-15(17-2)23-12/h3-5,7H,6,16H2,1-2H3,(H,17,21)(H,19,22). The highest BCUT2D eigenvalue weighted by atomic mass is 32.1. The molecule has 0 aliphatic carbocycles. The van der Waals surface area contributed by atoms with Crippen LogP contribution in [0.4, 0.5) is 16.6 Å². The van der Waals surface area contributed by atoms with E-state index in [2.05, 4.69) is 25.6 Å². The van der Waals surface area contributed by atoms with Gasteiger partial charge in [-0.15, -0.1) is 0 Å². The number of aromatic nitrogens is 1. The molecule has 118 valence electrons.